The first-order chi connectivity index (χ1) is 2.94. The fraction of sp³-hybridized carbons (Fsp3) is 0.667. The Kier molecular flexibility index (Phi) is 1.06. The molecular formula is C3H7NO2. The molecule has 36 valence electrons. The molecule has 0 amide bonds. The molecule has 0 aliphatic carbocycles. The van der Waals surface area contributed by atoms with Crippen LogP contribution in [0.3, 0.4) is 0 Å². The number of carbonyl (C=O) groups is 1. The molecule has 1 unspecified atom stereocenters. The molecule has 0 aromatic rings. The molecule has 0 saturated carbocycles. The van der Waals surface area contributed by atoms with Crippen molar-refractivity contribution in [1.82, 2.24) is 0 Å². The number of hydrogen-bond donors (Lipinski definition) is 2. The summed E-state index contributed by atoms with van der Waals surface area (Å²) in [6.45, 7) is 1.11. The molecule has 1 atom stereocenters. The van der Waals surface area contributed by atoms with Crippen molar-refractivity contribution in [2.75, 3.05) is 0 Å². The van der Waals surface area contributed by atoms with Crippen molar-refractivity contribution in [3.8, 4) is 0 Å². The molecule has 0 aliphatic heterocycles. The van der Waals surface area contributed by atoms with Gasteiger partial charge in [-0.3, -0.25) is 4.79 Å². The summed E-state index contributed by atoms with van der Waals surface area (Å²) >= 11 is 0. The van der Waals surface area contributed by atoms with Crippen molar-refractivity contribution in [2.45, 2.75) is 12.9 Å². The highest BCUT2D eigenvalue weighted by Gasteiger charge is 1.99. The maximum Gasteiger partial charge on any atom is 0.320 e. The Bertz CT molecular complexity index is 85.4. The normalized spacial score (nSPS) is 21.3. The van der Waals surface area contributed by atoms with Gasteiger partial charge in [-0.05, 0) is 6.92 Å². The Hall–Kier alpha value is -0.570. The fourth-order valence-electron chi connectivity index (χ4n) is 0. The summed E-state index contributed by atoms with van der Waals surface area (Å²) < 4.78 is 6.56. The summed E-state index contributed by atoms with van der Waals surface area (Å²) in [6, 6.07) is -1.83. The molecule has 0 spiro atoms. The summed E-state index contributed by atoms with van der Waals surface area (Å²) in [5.41, 5.74) is 4.75. The summed E-state index contributed by atoms with van der Waals surface area (Å²) in [5.74, 6) is -1.31. The van der Waals surface area contributed by atoms with Gasteiger partial charge in [-0.2, -0.15) is 0 Å². The molecule has 0 rings (SSSR count). The second-order valence-corrected chi connectivity index (χ2v) is 0.988. The second kappa shape index (κ2) is 1.77. The van der Waals surface area contributed by atoms with E-state index in [1.165, 1.54) is 0 Å². The van der Waals surface area contributed by atoms with Crippen LogP contribution in [0.1, 0.15) is 8.29 Å². The van der Waals surface area contributed by atoms with Crippen LogP contribution in [0.15, 0.2) is 0 Å². The zero-order chi connectivity index (χ0) is 6.08. The van der Waals surface area contributed by atoms with Gasteiger partial charge in [0.2, 0.25) is 0 Å². The lowest BCUT2D eigenvalue weighted by Crippen LogP contribution is -2.25. The van der Waals surface area contributed by atoms with Crippen LogP contribution in [0.5, 0.6) is 0 Å². The lowest BCUT2D eigenvalue weighted by molar-refractivity contribution is -0.138. The second-order valence-electron chi connectivity index (χ2n) is 0.988. The summed E-state index contributed by atoms with van der Waals surface area (Å²) in [5, 5.41) is 7.94. The maximum atomic E-state index is 9.71. The smallest absolute Gasteiger partial charge is 0.320 e. The topological polar surface area (TPSA) is 63.3 Å². The summed E-state index contributed by atoms with van der Waals surface area (Å²) in [7, 11) is 0. The zero-order valence-electron chi connectivity index (χ0n) is 4.43. The van der Waals surface area contributed by atoms with Crippen LogP contribution in [0.2, 0.25) is 0 Å². The van der Waals surface area contributed by atoms with Gasteiger partial charge < -0.3 is 10.8 Å². The number of carboxylic acids is 1. The van der Waals surface area contributed by atoms with E-state index in [0.29, 0.717) is 0 Å². The molecule has 0 aliphatic rings. The van der Waals surface area contributed by atoms with Crippen molar-refractivity contribution in [3.63, 3.8) is 0 Å². The Balaban J connectivity index is 3.79. The van der Waals surface area contributed by atoms with Crippen molar-refractivity contribution < 1.29 is 11.3 Å². The molecule has 3 heteroatoms. The van der Waals surface area contributed by atoms with Crippen LogP contribution in [0.4, 0.5) is 0 Å². The van der Waals surface area contributed by atoms with Gasteiger partial charge >= 0.3 is 5.97 Å². The Labute approximate surface area is 37.2 Å². The molecule has 0 radical (unpaired) electrons. The van der Waals surface area contributed by atoms with Gasteiger partial charge in [0.1, 0.15) is 6.02 Å². The minimum absolute atomic E-state index is 1.11. The summed E-state index contributed by atoms with van der Waals surface area (Å²) in [4.78, 5) is 9.71. The van der Waals surface area contributed by atoms with Gasteiger partial charge in [0.05, 0.1) is 1.37 Å². The molecule has 0 bridgehead atoms. The van der Waals surface area contributed by atoms with Crippen LogP contribution in [0.25, 0.3) is 0 Å². The van der Waals surface area contributed by atoms with Crippen LogP contribution in [-0.2, 0) is 4.79 Å². The van der Waals surface area contributed by atoms with Crippen molar-refractivity contribution in [2.24, 2.45) is 5.73 Å². The molecule has 6 heavy (non-hydrogen) atoms. The Morgan fingerprint density at radius 3 is 2.50 bits per heavy atom. The van der Waals surface area contributed by atoms with Gasteiger partial charge in [-0.15, -0.1) is 0 Å². The summed E-state index contributed by atoms with van der Waals surface area (Å²) in [6.07, 6.45) is 0. The third kappa shape index (κ3) is 1.72. The number of nitrogens with two attached hydrogens (primary N) is 1. The molecule has 3 nitrogen and oxygen atoms in total. The minimum Gasteiger partial charge on any atom is -0.480 e. The number of rotatable bonds is 1. The predicted molar refractivity (Wildman–Crippen MR) is 21.3 cm³/mol. The minimum atomic E-state index is -1.83. The average molecular weight is 90.1 g/mol. The van der Waals surface area contributed by atoms with E-state index in [9.17, 15) is 4.79 Å². The van der Waals surface area contributed by atoms with E-state index in [0.717, 1.165) is 6.92 Å². The number of aliphatic carboxylic acids is 1. The highest BCUT2D eigenvalue weighted by molar-refractivity contribution is 5.72. The van der Waals surface area contributed by atoms with E-state index in [1.54, 1.807) is 0 Å². The van der Waals surface area contributed by atoms with Crippen molar-refractivity contribution in [3.05, 3.63) is 0 Å². The number of carboxylic acid groups (broad SMARTS) is 1. The van der Waals surface area contributed by atoms with Crippen LogP contribution in [0, 0.1) is 0 Å². The van der Waals surface area contributed by atoms with E-state index in [4.69, 9.17) is 12.2 Å². The third-order valence-electron chi connectivity index (χ3n) is 0.337. The van der Waals surface area contributed by atoms with Crippen LogP contribution >= 0.6 is 0 Å². The largest absolute Gasteiger partial charge is 0.480 e. The molecular weight excluding hydrogens is 82.0 g/mol. The van der Waals surface area contributed by atoms with Gasteiger partial charge in [0.15, 0.2) is 0 Å². The Morgan fingerprint density at radius 2 is 2.50 bits per heavy atom. The fourth-order valence-corrected chi connectivity index (χ4v) is 0. The highest BCUT2D eigenvalue weighted by atomic mass is 16.4. The molecule has 0 aromatic heterocycles. The lowest BCUT2D eigenvalue weighted by Gasteiger charge is -1.90. The van der Waals surface area contributed by atoms with E-state index >= 15 is 0 Å². The van der Waals surface area contributed by atoms with Gasteiger partial charge in [-0.25, -0.2) is 0 Å². The Morgan fingerprint density at radius 1 is 2.33 bits per heavy atom. The average Bonchev–Trinajstić information content (AvgIpc) is 1.31. The quantitative estimate of drug-likeness (QED) is 0.452. The first-order valence-electron chi connectivity index (χ1n) is 1.97. The van der Waals surface area contributed by atoms with Crippen LogP contribution < -0.4 is 5.73 Å². The van der Waals surface area contributed by atoms with Crippen LogP contribution in [-0.4, -0.2) is 17.1 Å². The monoisotopic (exact) mass is 90.1 g/mol. The van der Waals surface area contributed by atoms with E-state index < -0.39 is 12.0 Å². The first kappa shape index (κ1) is 3.61. The van der Waals surface area contributed by atoms with E-state index in [-0.39, 0.29) is 0 Å². The predicted octanol–water partition coefficient (Wildman–Crippen LogP) is -0.582. The van der Waals surface area contributed by atoms with E-state index in [2.05, 4.69) is 0 Å². The lowest BCUT2D eigenvalue weighted by atomic mass is 10.4. The zero-order valence-corrected chi connectivity index (χ0v) is 3.43. The standard InChI is InChI=1S/C3H7NO2/c1-2(4)3(5)6/h2H,4H2,1H3,(H,5,6)/i2D. The third-order valence-corrected chi connectivity index (χ3v) is 0.337. The number of hydrogen-bond acceptors (Lipinski definition) is 2. The molecule has 0 aromatic carbocycles. The van der Waals surface area contributed by atoms with E-state index in [1.807, 2.05) is 0 Å². The maximum absolute atomic E-state index is 9.71. The molecule has 3 N–H and O–H groups in total. The van der Waals surface area contributed by atoms with Crippen molar-refractivity contribution in [1.29, 1.82) is 0 Å². The van der Waals surface area contributed by atoms with Crippen molar-refractivity contribution >= 4 is 5.97 Å². The molecule has 0 fully saturated rings. The van der Waals surface area contributed by atoms with Gasteiger partial charge in [0.25, 0.3) is 0 Å². The van der Waals surface area contributed by atoms with Gasteiger partial charge in [-0.1, -0.05) is 0 Å². The highest BCUT2D eigenvalue weighted by Crippen LogP contribution is 1.68. The molecule has 0 saturated heterocycles. The first-order valence-corrected chi connectivity index (χ1v) is 1.47. The SMILES string of the molecule is [2H]C(C)(N)C(=O)O. The van der Waals surface area contributed by atoms with Gasteiger partial charge in [0, 0.05) is 0 Å². The molecule has 0 heterocycles.